The fourth-order valence-corrected chi connectivity index (χ4v) is 2.89. The molecule has 2 heterocycles. The van der Waals surface area contributed by atoms with E-state index >= 15 is 0 Å². The monoisotopic (exact) mass is 385 g/mol. The number of anilines is 1. The molecule has 0 bridgehead atoms. The van der Waals surface area contributed by atoms with Crippen molar-refractivity contribution >= 4 is 11.6 Å². The first kappa shape index (κ1) is 19.5. The summed E-state index contributed by atoms with van der Waals surface area (Å²) in [6.07, 6.45) is 3.56. The minimum absolute atomic E-state index is 0.00278. The number of amides is 1. The van der Waals surface area contributed by atoms with Crippen molar-refractivity contribution in [3.8, 4) is 11.3 Å². The highest BCUT2D eigenvalue weighted by Gasteiger charge is 2.21. The van der Waals surface area contributed by atoms with Crippen LogP contribution in [0.25, 0.3) is 11.3 Å². The van der Waals surface area contributed by atoms with Crippen molar-refractivity contribution in [2.45, 2.75) is 13.3 Å². The highest BCUT2D eigenvalue weighted by Crippen LogP contribution is 2.29. The van der Waals surface area contributed by atoms with Crippen LogP contribution >= 0.6 is 0 Å². The third kappa shape index (κ3) is 4.00. The van der Waals surface area contributed by atoms with Gasteiger partial charge >= 0.3 is 0 Å². The number of nitrogens with one attached hydrogen (secondary N) is 2. The van der Waals surface area contributed by atoms with Gasteiger partial charge in [0, 0.05) is 50.2 Å². The van der Waals surface area contributed by atoms with Crippen molar-refractivity contribution in [1.29, 1.82) is 0 Å². The second-order valence-corrected chi connectivity index (χ2v) is 6.59. The summed E-state index contributed by atoms with van der Waals surface area (Å²) in [4.78, 5) is 18.8. The molecule has 1 aromatic carbocycles. The molecule has 0 spiro atoms. The lowest BCUT2D eigenvalue weighted by molar-refractivity contribution is 0.0955. The van der Waals surface area contributed by atoms with Crippen LogP contribution in [0.15, 0.2) is 36.7 Å². The summed E-state index contributed by atoms with van der Waals surface area (Å²) in [6, 6.07) is 5.93. The Labute approximate surface area is 161 Å². The number of benzene rings is 1. The van der Waals surface area contributed by atoms with Crippen LogP contribution in [0, 0.1) is 18.6 Å². The number of carbonyl (C=O) groups is 1. The molecular weight excluding hydrogens is 364 g/mol. The minimum Gasteiger partial charge on any atom is -0.378 e. The predicted molar refractivity (Wildman–Crippen MR) is 103 cm³/mol. The zero-order valence-electron chi connectivity index (χ0n) is 15.9. The molecule has 0 aliphatic heterocycles. The summed E-state index contributed by atoms with van der Waals surface area (Å²) < 4.78 is 28.1. The molecular formula is C20H21F2N5O. The zero-order valence-corrected chi connectivity index (χ0v) is 15.9. The Bertz CT molecular complexity index is 1000. The molecule has 0 aliphatic carbocycles. The summed E-state index contributed by atoms with van der Waals surface area (Å²) in [5.74, 6) is -1.60. The van der Waals surface area contributed by atoms with Gasteiger partial charge in [0.25, 0.3) is 5.91 Å². The molecule has 2 N–H and O–H groups in total. The van der Waals surface area contributed by atoms with Crippen molar-refractivity contribution in [2.75, 3.05) is 25.5 Å². The maximum Gasteiger partial charge on any atom is 0.255 e. The minimum atomic E-state index is -0.623. The van der Waals surface area contributed by atoms with Gasteiger partial charge in [-0.3, -0.25) is 14.9 Å². The molecule has 146 valence electrons. The van der Waals surface area contributed by atoms with Crippen LogP contribution < -0.4 is 10.2 Å². The van der Waals surface area contributed by atoms with Gasteiger partial charge in [0.2, 0.25) is 0 Å². The lowest BCUT2D eigenvalue weighted by atomic mass is 10.0. The number of aromatic amines is 1. The van der Waals surface area contributed by atoms with Crippen LogP contribution in [-0.2, 0) is 6.42 Å². The largest absolute Gasteiger partial charge is 0.378 e. The number of halogens is 2. The third-order valence-electron chi connectivity index (χ3n) is 4.47. The highest BCUT2D eigenvalue weighted by molar-refractivity contribution is 6.00. The molecule has 0 aliphatic rings. The Balaban J connectivity index is 1.73. The van der Waals surface area contributed by atoms with Gasteiger partial charge in [-0.15, -0.1) is 0 Å². The van der Waals surface area contributed by atoms with E-state index < -0.39 is 17.5 Å². The second-order valence-electron chi connectivity index (χ2n) is 6.59. The number of rotatable bonds is 6. The number of aromatic nitrogens is 3. The number of nitrogens with zero attached hydrogens (tertiary/aromatic N) is 3. The maximum absolute atomic E-state index is 14.3. The fraction of sp³-hybridized carbons (Fsp3) is 0.250. The number of hydrogen-bond donors (Lipinski definition) is 2. The first-order chi connectivity index (χ1) is 13.4. The van der Waals surface area contributed by atoms with Gasteiger partial charge in [-0.05, 0) is 36.8 Å². The van der Waals surface area contributed by atoms with E-state index in [9.17, 15) is 13.6 Å². The Kier molecular flexibility index (Phi) is 5.67. The predicted octanol–water partition coefficient (Wildman–Crippen LogP) is 3.10. The third-order valence-corrected chi connectivity index (χ3v) is 4.47. The molecule has 8 heteroatoms. The SMILES string of the molecule is Cc1c(F)ccc(F)c1-c1[nH]ncc1C(=O)NCCc1cc(N(C)C)ccn1. The van der Waals surface area contributed by atoms with E-state index in [0.29, 0.717) is 13.0 Å². The van der Waals surface area contributed by atoms with Crippen LogP contribution in [0.4, 0.5) is 14.5 Å². The summed E-state index contributed by atoms with van der Waals surface area (Å²) >= 11 is 0. The molecule has 0 saturated carbocycles. The fourth-order valence-electron chi connectivity index (χ4n) is 2.89. The van der Waals surface area contributed by atoms with Crippen molar-refractivity contribution in [3.05, 3.63) is 65.1 Å². The number of pyridine rings is 1. The van der Waals surface area contributed by atoms with Gasteiger partial charge in [0.1, 0.15) is 11.6 Å². The van der Waals surface area contributed by atoms with Crippen molar-refractivity contribution in [2.24, 2.45) is 0 Å². The van der Waals surface area contributed by atoms with Crippen molar-refractivity contribution in [1.82, 2.24) is 20.5 Å². The molecule has 2 aromatic heterocycles. The zero-order chi connectivity index (χ0) is 20.3. The van der Waals surface area contributed by atoms with Crippen molar-refractivity contribution in [3.63, 3.8) is 0 Å². The molecule has 0 fully saturated rings. The smallest absolute Gasteiger partial charge is 0.255 e. The Morgan fingerprint density at radius 1 is 1.21 bits per heavy atom. The average molecular weight is 385 g/mol. The van der Waals surface area contributed by atoms with Crippen LogP contribution in [0.3, 0.4) is 0 Å². The standard InChI is InChI=1S/C20H21F2N5O/c1-12-16(21)4-5-17(22)18(12)19-15(11-25-26-19)20(28)24-8-6-13-10-14(27(2)3)7-9-23-13/h4-5,7,9-11H,6,8H2,1-3H3,(H,24,28)(H,25,26). The molecule has 0 unspecified atom stereocenters. The molecule has 28 heavy (non-hydrogen) atoms. The van der Waals surface area contributed by atoms with Gasteiger partial charge in [-0.25, -0.2) is 8.78 Å². The maximum atomic E-state index is 14.3. The molecule has 6 nitrogen and oxygen atoms in total. The molecule has 3 aromatic rings. The Hall–Kier alpha value is -3.29. The summed E-state index contributed by atoms with van der Waals surface area (Å²) in [5, 5.41) is 9.22. The van der Waals surface area contributed by atoms with Gasteiger partial charge in [0.05, 0.1) is 17.5 Å². The van der Waals surface area contributed by atoms with E-state index in [-0.39, 0.29) is 22.4 Å². The molecule has 0 radical (unpaired) electrons. The lowest BCUT2D eigenvalue weighted by Gasteiger charge is -2.13. The molecule has 3 rings (SSSR count). The lowest BCUT2D eigenvalue weighted by Crippen LogP contribution is -2.26. The summed E-state index contributed by atoms with van der Waals surface area (Å²) in [5.41, 5.74) is 2.28. The molecule has 0 saturated heterocycles. The number of H-pyrrole nitrogens is 1. The van der Waals surface area contributed by atoms with Crippen LogP contribution in [0.2, 0.25) is 0 Å². The molecule has 0 atom stereocenters. The topological polar surface area (TPSA) is 73.9 Å². The normalized spacial score (nSPS) is 10.8. The van der Waals surface area contributed by atoms with E-state index in [2.05, 4.69) is 20.5 Å². The van der Waals surface area contributed by atoms with Crippen molar-refractivity contribution < 1.29 is 13.6 Å². The average Bonchev–Trinajstić information content (AvgIpc) is 3.15. The van der Waals surface area contributed by atoms with Gasteiger partial charge < -0.3 is 10.2 Å². The molecule has 1 amide bonds. The van der Waals surface area contributed by atoms with E-state index in [1.807, 2.05) is 31.1 Å². The highest BCUT2D eigenvalue weighted by atomic mass is 19.1. The van der Waals surface area contributed by atoms with Crippen LogP contribution in [0.5, 0.6) is 0 Å². The van der Waals surface area contributed by atoms with E-state index in [1.165, 1.54) is 13.1 Å². The number of hydrogen-bond acceptors (Lipinski definition) is 4. The first-order valence-electron chi connectivity index (χ1n) is 8.77. The Morgan fingerprint density at radius 3 is 2.71 bits per heavy atom. The van der Waals surface area contributed by atoms with Gasteiger partial charge in [0.15, 0.2) is 0 Å². The second kappa shape index (κ2) is 8.16. The van der Waals surface area contributed by atoms with E-state index in [0.717, 1.165) is 23.5 Å². The first-order valence-corrected chi connectivity index (χ1v) is 8.77. The van der Waals surface area contributed by atoms with Gasteiger partial charge in [-0.1, -0.05) is 0 Å². The van der Waals surface area contributed by atoms with Gasteiger partial charge in [-0.2, -0.15) is 5.10 Å². The Morgan fingerprint density at radius 2 is 1.96 bits per heavy atom. The summed E-state index contributed by atoms with van der Waals surface area (Å²) in [7, 11) is 3.88. The van der Waals surface area contributed by atoms with Crippen LogP contribution in [-0.4, -0.2) is 41.7 Å². The van der Waals surface area contributed by atoms with E-state index in [1.54, 1.807) is 6.20 Å². The quantitative estimate of drug-likeness (QED) is 0.684. The van der Waals surface area contributed by atoms with Crippen LogP contribution in [0.1, 0.15) is 21.6 Å². The summed E-state index contributed by atoms with van der Waals surface area (Å²) in [6.45, 7) is 1.80. The van der Waals surface area contributed by atoms with E-state index in [4.69, 9.17) is 0 Å². The number of carbonyl (C=O) groups excluding carboxylic acids is 1.